The van der Waals surface area contributed by atoms with E-state index in [-0.39, 0.29) is 10.9 Å². The summed E-state index contributed by atoms with van der Waals surface area (Å²) in [5.74, 6) is -0.651. The lowest BCUT2D eigenvalue weighted by atomic mass is 9.90. The Labute approximate surface area is 116 Å². The third-order valence-electron chi connectivity index (χ3n) is 3.04. The topological polar surface area (TPSA) is 82.9 Å². The molecule has 0 amide bonds. The first-order valence-electron chi connectivity index (χ1n) is 6.04. The first kappa shape index (κ1) is 15.5. The summed E-state index contributed by atoms with van der Waals surface area (Å²) in [6, 6.07) is 0. The number of hydrogen-bond acceptors (Lipinski definition) is 4. The van der Waals surface area contributed by atoms with Crippen molar-refractivity contribution in [2.45, 2.75) is 31.4 Å². The van der Waals surface area contributed by atoms with Crippen LogP contribution in [0.4, 0.5) is 0 Å². The molecule has 0 radical (unpaired) electrons. The SMILES string of the molecule is C=C/C(C)=C/[C@@]1(C)SC(=O)C(CCCN=[N+]=[N-])C1=O. The van der Waals surface area contributed by atoms with Gasteiger partial charge in [0.25, 0.3) is 0 Å². The van der Waals surface area contributed by atoms with Crippen molar-refractivity contribution in [2.24, 2.45) is 11.0 Å². The Morgan fingerprint density at radius 2 is 2.32 bits per heavy atom. The van der Waals surface area contributed by atoms with Crippen LogP contribution in [0.3, 0.4) is 0 Å². The van der Waals surface area contributed by atoms with E-state index < -0.39 is 10.7 Å². The van der Waals surface area contributed by atoms with E-state index in [0.717, 1.165) is 17.3 Å². The van der Waals surface area contributed by atoms with Crippen LogP contribution in [0.15, 0.2) is 29.4 Å². The lowest BCUT2D eigenvalue weighted by Crippen LogP contribution is -2.29. The lowest BCUT2D eigenvalue weighted by Gasteiger charge is -2.16. The normalized spacial score (nSPS) is 27.3. The van der Waals surface area contributed by atoms with Gasteiger partial charge in [0.1, 0.15) is 0 Å². The smallest absolute Gasteiger partial charge is 0.200 e. The van der Waals surface area contributed by atoms with Crippen LogP contribution in [0, 0.1) is 5.92 Å². The summed E-state index contributed by atoms with van der Waals surface area (Å²) in [6.45, 7) is 7.58. The highest BCUT2D eigenvalue weighted by molar-refractivity contribution is 8.16. The third kappa shape index (κ3) is 3.72. The summed E-state index contributed by atoms with van der Waals surface area (Å²) < 4.78 is -0.793. The molecule has 2 atom stereocenters. The number of thioether (sulfide) groups is 1. The maximum absolute atomic E-state index is 12.3. The van der Waals surface area contributed by atoms with E-state index >= 15 is 0 Å². The van der Waals surface area contributed by atoms with Crippen molar-refractivity contribution in [1.82, 2.24) is 0 Å². The van der Waals surface area contributed by atoms with Gasteiger partial charge in [-0.05, 0) is 32.2 Å². The minimum absolute atomic E-state index is 0.0652. The molecule has 0 bridgehead atoms. The zero-order valence-electron chi connectivity index (χ0n) is 11.1. The molecular weight excluding hydrogens is 262 g/mol. The molecule has 1 heterocycles. The number of allylic oxidation sites excluding steroid dienone is 2. The molecule has 5 nitrogen and oxygen atoms in total. The molecule has 6 heteroatoms. The van der Waals surface area contributed by atoms with E-state index in [2.05, 4.69) is 16.6 Å². The van der Waals surface area contributed by atoms with Gasteiger partial charge in [0.15, 0.2) is 5.78 Å². The molecular formula is C13H17N3O2S. The van der Waals surface area contributed by atoms with E-state index in [9.17, 15) is 9.59 Å². The highest BCUT2D eigenvalue weighted by Gasteiger charge is 2.48. The van der Waals surface area contributed by atoms with Crippen LogP contribution in [-0.2, 0) is 9.59 Å². The zero-order chi connectivity index (χ0) is 14.5. The molecule has 0 aromatic heterocycles. The molecule has 0 aliphatic carbocycles. The van der Waals surface area contributed by atoms with Gasteiger partial charge in [0.2, 0.25) is 5.12 Å². The largest absolute Gasteiger partial charge is 0.297 e. The van der Waals surface area contributed by atoms with Gasteiger partial charge >= 0.3 is 0 Å². The number of azide groups is 1. The zero-order valence-corrected chi connectivity index (χ0v) is 11.9. The fourth-order valence-corrected chi connectivity index (χ4v) is 3.31. The second kappa shape index (κ2) is 6.59. The maximum atomic E-state index is 12.3. The average molecular weight is 279 g/mol. The van der Waals surface area contributed by atoms with E-state index in [0.29, 0.717) is 19.4 Å². The Kier molecular flexibility index (Phi) is 5.39. The fourth-order valence-electron chi connectivity index (χ4n) is 2.04. The molecule has 102 valence electrons. The van der Waals surface area contributed by atoms with Gasteiger partial charge in [-0.15, -0.1) is 0 Å². The minimum atomic E-state index is -0.793. The number of carbonyl (C=O) groups is 2. The molecule has 0 aromatic carbocycles. The minimum Gasteiger partial charge on any atom is -0.297 e. The van der Waals surface area contributed by atoms with Crippen molar-refractivity contribution < 1.29 is 9.59 Å². The van der Waals surface area contributed by atoms with E-state index in [4.69, 9.17) is 5.53 Å². The predicted molar refractivity (Wildman–Crippen MR) is 76.7 cm³/mol. The van der Waals surface area contributed by atoms with Gasteiger partial charge in [0, 0.05) is 11.5 Å². The lowest BCUT2D eigenvalue weighted by molar-refractivity contribution is -0.127. The Morgan fingerprint density at radius 3 is 2.89 bits per heavy atom. The number of rotatable bonds is 6. The average Bonchev–Trinajstić information content (AvgIpc) is 2.57. The number of carbonyl (C=O) groups excluding carboxylic acids is 2. The predicted octanol–water partition coefficient (Wildman–Crippen LogP) is 3.43. The van der Waals surface area contributed by atoms with Gasteiger partial charge in [-0.1, -0.05) is 41.2 Å². The molecule has 0 N–H and O–H groups in total. The number of nitrogens with zero attached hydrogens (tertiary/aromatic N) is 3. The molecule has 1 fully saturated rings. The van der Waals surface area contributed by atoms with Crippen LogP contribution in [0.1, 0.15) is 26.7 Å². The Bertz CT molecular complexity index is 480. The molecule has 1 aliphatic heterocycles. The van der Waals surface area contributed by atoms with Gasteiger partial charge in [-0.3, -0.25) is 9.59 Å². The molecule has 1 rings (SSSR count). The summed E-state index contributed by atoms with van der Waals surface area (Å²) >= 11 is 1.08. The molecule has 19 heavy (non-hydrogen) atoms. The van der Waals surface area contributed by atoms with Gasteiger partial charge in [-0.25, -0.2) is 0 Å². The molecule has 1 aliphatic rings. The summed E-state index contributed by atoms with van der Waals surface area (Å²) in [6.07, 6.45) is 4.45. The molecule has 1 unspecified atom stereocenters. The molecule has 0 saturated carbocycles. The van der Waals surface area contributed by atoms with Crippen molar-refractivity contribution in [3.63, 3.8) is 0 Å². The summed E-state index contributed by atoms with van der Waals surface area (Å²) in [5.41, 5.74) is 9.06. The van der Waals surface area contributed by atoms with Crippen LogP contribution < -0.4 is 0 Å². The third-order valence-corrected chi connectivity index (χ3v) is 4.27. The summed E-state index contributed by atoms with van der Waals surface area (Å²) in [5, 5.41) is 3.31. The Hall–Kier alpha value is -1.52. The Morgan fingerprint density at radius 1 is 1.63 bits per heavy atom. The second-order valence-corrected chi connectivity index (χ2v) is 6.09. The standard InChI is InChI=1S/C13H17N3O2S/c1-4-9(2)8-13(3)11(17)10(12(18)19-13)6-5-7-15-16-14/h4,8,10H,1,5-7H2,2-3H3/b9-8+/t10?,13-/m1/s1. The van der Waals surface area contributed by atoms with E-state index in [1.807, 2.05) is 6.92 Å². The van der Waals surface area contributed by atoms with Crippen LogP contribution >= 0.6 is 11.8 Å². The fraction of sp³-hybridized carbons (Fsp3) is 0.538. The molecule has 0 aromatic rings. The highest BCUT2D eigenvalue weighted by Crippen LogP contribution is 2.42. The van der Waals surface area contributed by atoms with Crippen molar-refractivity contribution >= 4 is 22.7 Å². The van der Waals surface area contributed by atoms with Crippen molar-refractivity contribution in [2.75, 3.05) is 6.54 Å². The Balaban J connectivity index is 2.78. The maximum Gasteiger partial charge on any atom is 0.200 e. The first-order valence-corrected chi connectivity index (χ1v) is 6.86. The second-order valence-electron chi connectivity index (χ2n) is 4.63. The van der Waals surface area contributed by atoms with Gasteiger partial charge in [0.05, 0.1) is 10.7 Å². The monoisotopic (exact) mass is 279 g/mol. The molecule has 1 saturated heterocycles. The van der Waals surface area contributed by atoms with E-state index in [1.54, 1.807) is 19.1 Å². The van der Waals surface area contributed by atoms with Crippen molar-refractivity contribution in [1.29, 1.82) is 0 Å². The first-order chi connectivity index (χ1) is 8.94. The van der Waals surface area contributed by atoms with Crippen LogP contribution in [0.2, 0.25) is 0 Å². The highest BCUT2D eigenvalue weighted by atomic mass is 32.2. The number of Topliss-reactive ketones (excluding diaryl/α,β-unsaturated/α-hetero) is 1. The summed E-state index contributed by atoms with van der Waals surface area (Å²) in [7, 11) is 0. The van der Waals surface area contributed by atoms with E-state index in [1.165, 1.54) is 0 Å². The van der Waals surface area contributed by atoms with Crippen LogP contribution in [0.5, 0.6) is 0 Å². The van der Waals surface area contributed by atoms with Crippen molar-refractivity contribution in [3.05, 3.63) is 34.7 Å². The van der Waals surface area contributed by atoms with Crippen molar-refractivity contribution in [3.8, 4) is 0 Å². The summed E-state index contributed by atoms with van der Waals surface area (Å²) in [4.78, 5) is 26.9. The number of hydrogen-bond donors (Lipinski definition) is 0. The van der Waals surface area contributed by atoms with Crippen LogP contribution in [-0.4, -0.2) is 22.2 Å². The molecule has 0 spiro atoms. The number of ketones is 1. The van der Waals surface area contributed by atoms with Gasteiger partial charge < -0.3 is 0 Å². The van der Waals surface area contributed by atoms with Crippen LogP contribution in [0.25, 0.3) is 10.4 Å². The quantitative estimate of drug-likeness (QED) is 0.186. The van der Waals surface area contributed by atoms with Gasteiger partial charge in [-0.2, -0.15) is 0 Å².